The minimum atomic E-state index is 0.0795. The Morgan fingerprint density at radius 2 is 1.50 bits per heavy atom. The van der Waals surface area contributed by atoms with Gasteiger partial charge in [-0.2, -0.15) is 0 Å². The third-order valence-corrected chi connectivity index (χ3v) is 5.29. The summed E-state index contributed by atoms with van der Waals surface area (Å²) in [4.78, 5) is 31.0. The molecule has 0 aliphatic carbocycles. The number of carbonyl (C=O) groups excluding carboxylic acids is 2. The zero-order valence-corrected chi connectivity index (χ0v) is 16.8. The van der Waals surface area contributed by atoms with Gasteiger partial charge < -0.3 is 9.80 Å². The Labute approximate surface area is 167 Å². The van der Waals surface area contributed by atoms with Crippen molar-refractivity contribution in [2.75, 3.05) is 38.6 Å². The first kappa shape index (κ1) is 20.1. The lowest BCUT2D eigenvalue weighted by Crippen LogP contribution is -2.45. The predicted molar refractivity (Wildman–Crippen MR) is 112 cm³/mol. The van der Waals surface area contributed by atoms with Crippen molar-refractivity contribution in [3.8, 4) is 0 Å². The summed E-state index contributed by atoms with van der Waals surface area (Å²) in [5.41, 5.74) is 2.02. The van der Waals surface area contributed by atoms with Gasteiger partial charge in [0.05, 0.1) is 13.1 Å². The van der Waals surface area contributed by atoms with Gasteiger partial charge in [-0.15, -0.1) is 0 Å². The van der Waals surface area contributed by atoms with Gasteiger partial charge in [0.1, 0.15) is 0 Å². The van der Waals surface area contributed by atoms with Crippen molar-refractivity contribution in [3.63, 3.8) is 0 Å². The molecule has 0 saturated carbocycles. The van der Waals surface area contributed by atoms with Crippen molar-refractivity contribution >= 4 is 17.5 Å². The van der Waals surface area contributed by atoms with Gasteiger partial charge in [0, 0.05) is 25.7 Å². The van der Waals surface area contributed by atoms with Crippen LogP contribution in [-0.2, 0) is 16.1 Å². The minimum absolute atomic E-state index is 0.0795. The Morgan fingerprint density at radius 1 is 0.929 bits per heavy atom. The van der Waals surface area contributed by atoms with Crippen LogP contribution in [0.1, 0.15) is 18.4 Å². The summed E-state index contributed by atoms with van der Waals surface area (Å²) in [6.45, 7) is 2.50. The molecule has 2 aromatic carbocycles. The van der Waals surface area contributed by atoms with Crippen LogP contribution in [0.15, 0.2) is 60.7 Å². The Balaban J connectivity index is 1.64. The molecule has 1 aliphatic heterocycles. The molecule has 0 unspecified atom stereocenters. The van der Waals surface area contributed by atoms with E-state index >= 15 is 0 Å². The average Bonchev–Trinajstić information content (AvgIpc) is 2.73. The molecule has 3 rings (SSSR count). The van der Waals surface area contributed by atoms with Crippen molar-refractivity contribution < 1.29 is 9.59 Å². The van der Waals surface area contributed by atoms with Crippen molar-refractivity contribution in [1.82, 2.24) is 9.80 Å². The fraction of sp³-hybridized carbons (Fsp3) is 0.391. The molecule has 28 heavy (non-hydrogen) atoms. The van der Waals surface area contributed by atoms with E-state index in [1.807, 2.05) is 65.6 Å². The second-order valence-corrected chi connectivity index (χ2v) is 7.58. The van der Waals surface area contributed by atoms with Gasteiger partial charge in [-0.25, -0.2) is 0 Å². The molecule has 0 atom stereocenters. The van der Waals surface area contributed by atoms with E-state index in [0.717, 1.165) is 37.2 Å². The fourth-order valence-corrected chi connectivity index (χ4v) is 3.68. The highest BCUT2D eigenvalue weighted by Crippen LogP contribution is 2.21. The molecule has 0 bridgehead atoms. The van der Waals surface area contributed by atoms with Crippen LogP contribution in [0.5, 0.6) is 0 Å². The maximum Gasteiger partial charge on any atom is 0.241 e. The molecular weight excluding hydrogens is 350 g/mol. The number of para-hydroxylation sites is 1. The zero-order chi connectivity index (χ0) is 19.9. The molecule has 2 amide bonds. The lowest BCUT2D eigenvalue weighted by atomic mass is 9.95. The topological polar surface area (TPSA) is 43.9 Å². The second-order valence-electron chi connectivity index (χ2n) is 7.58. The van der Waals surface area contributed by atoms with Gasteiger partial charge in [-0.1, -0.05) is 48.5 Å². The number of benzene rings is 2. The van der Waals surface area contributed by atoms with Crippen LogP contribution < -0.4 is 4.90 Å². The van der Waals surface area contributed by atoms with Crippen molar-refractivity contribution in [2.24, 2.45) is 5.92 Å². The molecule has 2 aromatic rings. The van der Waals surface area contributed by atoms with Crippen LogP contribution in [0.25, 0.3) is 0 Å². The van der Waals surface area contributed by atoms with Crippen LogP contribution in [-0.4, -0.2) is 55.3 Å². The molecule has 1 heterocycles. The summed E-state index contributed by atoms with van der Waals surface area (Å²) >= 11 is 0. The van der Waals surface area contributed by atoms with E-state index in [1.54, 1.807) is 19.0 Å². The number of amides is 2. The number of likely N-dealkylation sites (tertiary alicyclic amines) is 1. The van der Waals surface area contributed by atoms with Crippen LogP contribution in [0.4, 0.5) is 5.69 Å². The summed E-state index contributed by atoms with van der Waals surface area (Å²) < 4.78 is 0. The van der Waals surface area contributed by atoms with Crippen molar-refractivity contribution in [2.45, 2.75) is 19.4 Å². The quantitative estimate of drug-likeness (QED) is 0.775. The number of rotatable bonds is 6. The molecular formula is C23H29N3O2. The van der Waals surface area contributed by atoms with Crippen LogP contribution in [0.3, 0.4) is 0 Å². The molecule has 148 valence electrons. The highest BCUT2D eigenvalue weighted by Gasteiger charge is 2.28. The van der Waals surface area contributed by atoms with E-state index in [0.29, 0.717) is 13.1 Å². The molecule has 0 spiro atoms. The van der Waals surface area contributed by atoms with E-state index < -0.39 is 0 Å². The van der Waals surface area contributed by atoms with Crippen LogP contribution in [0, 0.1) is 5.92 Å². The summed E-state index contributed by atoms with van der Waals surface area (Å²) in [5, 5.41) is 0. The molecule has 0 aromatic heterocycles. The molecule has 1 aliphatic rings. The number of carbonyl (C=O) groups is 2. The maximum atomic E-state index is 13.1. The van der Waals surface area contributed by atoms with E-state index in [-0.39, 0.29) is 17.7 Å². The van der Waals surface area contributed by atoms with Crippen LogP contribution >= 0.6 is 0 Å². The van der Waals surface area contributed by atoms with Gasteiger partial charge in [0.25, 0.3) is 0 Å². The number of hydrogen-bond donors (Lipinski definition) is 0. The summed E-state index contributed by atoms with van der Waals surface area (Å²) in [6, 6.07) is 19.9. The largest absolute Gasteiger partial charge is 0.349 e. The second kappa shape index (κ2) is 9.51. The first-order valence-electron chi connectivity index (χ1n) is 9.87. The van der Waals surface area contributed by atoms with E-state index in [4.69, 9.17) is 0 Å². The molecule has 5 nitrogen and oxygen atoms in total. The normalized spacial score (nSPS) is 15.2. The third-order valence-electron chi connectivity index (χ3n) is 5.29. The molecule has 0 N–H and O–H groups in total. The van der Waals surface area contributed by atoms with E-state index in [2.05, 4.69) is 4.90 Å². The number of anilines is 1. The highest BCUT2D eigenvalue weighted by atomic mass is 16.2. The van der Waals surface area contributed by atoms with Gasteiger partial charge in [-0.3, -0.25) is 14.5 Å². The Kier molecular flexibility index (Phi) is 6.82. The van der Waals surface area contributed by atoms with Crippen molar-refractivity contribution in [1.29, 1.82) is 0 Å². The van der Waals surface area contributed by atoms with E-state index in [1.165, 1.54) is 0 Å². The first-order chi connectivity index (χ1) is 13.5. The summed E-state index contributed by atoms with van der Waals surface area (Å²) in [5.74, 6) is 0.365. The Morgan fingerprint density at radius 3 is 2.07 bits per heavy atom. The number of nitrogens with zero attached hydrogens (tertiary/aromatic N) is 3. The smallest absolute Gasteiger partial charge is 0.241 e. The Hall–Kier alpha value is -2.66. The molecule has 1 saturated heterocycles. The number of hydrogen-bond acceptors (Lipinski definition) is 3. The molecule has 0 radical (unpaired) electrons. The fourth-order valence-electron chi connectivity index (χ4n) is 3.68. The lowest BCUT2D eigenvalue weighted by molar-refractivity contribution is -0.134. The van der Waals surface area contributed by atoms with Gasteiger partial charge in [-0.05, 0) is 43.6 Å². The first-order valence-corrected chi connectivity index (χ1v) is 9.87. The lowest BCUT2D eigenvalue weighted by Gasteiger charge is -2.33. The minimum Gasteiger partial charge on any atom is -0.349 e. The maximum absolute atomic E-state index is 13.1. The third kappa shape index (κ3) is 5.20. The highest BCUT2D eigenvalue weighted by molar-refractivity contribution is 5.94. The average molecular weight is 380 g/mol. The summed E-state index contributed by atoms with van der Waals surface area (Å²) in [6.07, 6.45) is 1.63. The van der Waals surface area contributed by atoms with Gasteiger partial charge >= 0.3 is 0 Å². The summed E-state index contributed by atoms with van der Waals surface area (Å²) in [7, 11) is 3.61. The zero-order valence-electron chi connectivity index (χ0n) is 16.8. The molecule has 5 heteroatoms. The van der Waals surface area contributed by atoms with E-state index in [9.17, 15) is 9.59 Å². The monoisotopic (exact) mass is 379 g/mol. The predicted octanol–water partition coefficient (Wildman–Crippen LogP) is 3.02. The SMILES string of the molecule is CN(C)C(=O)C1CCN(CC(=O)N(Cc2ccccc2)c2ccccc2)CC1. The van der Waals surface area contributed by atoms with Gasteiger partial charge in [0.15, 0.2) is 0 Å². The Bertz CT molecular complexity index is 769. The van der Waals surface area contributed by atoms with Crippen molar-refractivity contribution in [3.05, 3.63) is 66.2 Å². The standard InChI is InChI=1S/C23H29N3O2/c1-24(2)23(28)20-13-15-25(16-14-20)18-22(27)26(21-11-7-4-8-12-21)17-19-9-5-3-6-10-19/h3-12,20H,13-18H2,1-2H3. The molecule has 1 fully saturated rings. The van der Waals surface area contributed by atoms with Gasteiger partial charge in [0.2, 0.25) is 11.8 Å². The number of piperidine rings is 1. The van der Waals surface area contributed by atoms with Crippen LogP contribution in [0.2, 0.25) is 0 Å².